The number of hydrogen-bond donors (Lipinski definition) is 1. The van der Waals surface area contributed by atoms with E-state index in [1.54, 1.807) is 0 Å². The summed E-state index contributed by atoms with van der Waals surface area (Å²) in [5.41, 5.74) is 0.463. The van der Waals surface area contributed by atoms with E-state index in [0.717, 1.165) is 6.61 Å². The van der Waals surface area contributed by atoms with Gasteiger partial charge in [-0.1, -0.05) is 12.1 Å². The molecule has 1 N–H and O–H groups in total. The van der Waals surface area contributed by atoms with Gasteiger partial charge < -0.3 is 4.74 Å². The second-order valence-corrected chi connectivity index (χ2v) is 7.26. The van der Waals surface area contributed by atoms with Crippen molar-refractivity contribution in [3.8, 4) is 0 Å². The van der Waals surface area contributed by atoms with Gasteiger partial charge in [0, 0.05) is 31.9 Å². The molecule has 1 aromatic carbocycles. The molecule has 0 heterocycles. The molecule has 0 bridgehead atoms. The first-order chi connectivity index (χ1) is 10.5. The summed E-state index contributed by atoms with van der Waals surface area (Å²) in [7, 11) is -3.43. The number of nitrogens with one attached hydrogen (secondary N) is 1. The molecule has 7 nitrogen and oxygen atoms in total. The Labute approximate surface area is 129 Å². The van der Waals surface area contributed by atoms with Crippen LogP contribution in [0.2, 0.25) is 0 Å². The summed E-state index contributed by atoms with van der Waals surface area (Å²) in [6.07, 6.45) is 3.11. The lowest BCUT2D eigenvalue weighted by Crippen LogP contribution is -2.27. The largest absolute Gasteiger partial charge is 0.381 e. The van der Waals surface area contributed by atoms with Crippen LogP contribution < -0.4 is 4.72 Å². The van der Waals surface area contributed by atoms with E-state index in [2.05, 4.69) is 4.72 Å². The van der Waals surface area contributed by atoms with E-state index in [1.807, 2.05) is 0 Å². The van der Waals surface area contributed by atoms with Crippen LogP contribution >= 0.6 is 0 Å². The maximum atomic E-state index is 11.9. The quantitative estimate of drug-likeness (QED) is 0.401. The van der Waals surface area contributed by atoms with Crippen LogP contribution in [0.25, 0.3) is 0 Å². The van der Waals surface area contributed by atoms with E-state index in [1.165, 1.54) is 37.1 Å². The zero-order valence-electron chi connectivity index (χ0n) is 12.2. The molecule has 22 heavy (non-hydrogen) atoms. The topological polar surface area (TPSA) is 98.5 Å². The Bertz CT molecular complexity index is 596. The van der Waals surface area contributed by atoms with E-state index in [4.69, 9.17) is 4.74 Å². The van der Waals surface area contributed by atoms with Crippen LogP contribution in [0.15, 0.2) is 24.3 Å². The highest BCUT2D eigenvalue weighted by molar-refractivity contribution is 7.88. The molecule has 0 unspecified atom stereocenters. The monoisotopic (exact) mass is 328 g/mol. The average Bonchev–Trinajstić information content (AvgIpc) is 3.27. The van der Waals surface area contributed by atoms with Gasteiger partial charge in [-0.05, 0) is 30.7 Å². The van der Waals surface area contributed by atoms with E-state index in [9.17, 15) is 18.5 Å². The Morgan fingerprint density at radius 3 is 2.55 bits per heavy atom. The first-order valence-corrected chi connectivity index (χ1v) is 8.90. The van der Waals surface area contributed by atoms with Crippen molar-refractivity contribution in [2.75, 3.05) is 19.8 Å². The molecule has 0 saturated heterocycles. The average molecular weight is 328 g/mol. The van der Waals surface area contributed by atoms with Crippen molar-refractivity contribution in [1.29, 1.82) is 0 Å². The SMILES string of the molecule is O=[N+]([O-])c1ccc(CS(=O)(=O)NCCCOCC2CC2)cc1. The summed E-state index contributed by atoms with van der Waals surface area (Å²) in [6.45, 7) is 1.66. The number of hydrogen-bond acceptors (Lipinski definition) is 5. The molecule has 1 aliphatic rings. The third-order valence-corrected chi connectivity index (χ3v) is 4.70. The molecular weight excluding hydrogens is 308 g/mol. The first-order valence-electron chi connectivity index (χ1n) is 7.25. The van der Waals surface area contributed by atoms with Crippen molar-refractivity contribution in [3.63, 3.8) is 0 Å². The van der Waals surface area contributed by atoms with Crippen molar-refractivity contribution in [2.45, 2.75) is 25.0 Å². The van der Waals surface area contributed by atoms with Gasteiger partial charge in [0.1, 0.15) is 0 Å². The predicted molar refractivity (Wildman–Crippen MR) is 81.9 cm³/mol. The maximum absolute atomic E-state index is 11.9. The van der Waals surface area contributed by atoms with Crippen LogP contribution in [0.5, 0.6) is 0 Å². The molecule has 0 aromatic heterocycles. The van der Waals surface area contributed by atoms with Gasteiger partial charge in [0.2, 0.25) is 10.0 Å². The highest BCUT2D eigenvalue weighted by atomic mass is 32.2. The smallest absolute Gasteiger partial charge is 0.269 e. The number of nitro groups is 1. The Balaban J connectivity index is 1.69. The molecule has 2 rings (SSSR count). The molecule has 1 aromatic rings. The summed E-state index contributed by atoms with van der Waals surface area (Å²) in [5, 5.41) is 10.5. The minimum absolute atomic E-state index is 0.0538. The summed E-state index contributed by atoms with van der Waals surface area (Å²) in [4.78, 5) is 10.0. The molecule has 1 aliphatic carbocycles. The van der Waals surface area contributed by atoms with Gasteiger partial charge in [-0.15, -0.1) is 0 Å². The van der Waals surface area contributed by atoms with Crippen LogP contribution in [0.3, 0.4) is 0 Å². The number of non-ortho nitro benzene ring substituents is 1. The van der Waals surface area contributed by atoms with Crippen LogP contribution in [0.1, 0.15) is 24.8 Å². The Morgan fingerprint density at radius 2 is 1.95 bits per heavy atom. The van der Waals surface area contributed by atoms with Crippen LogP contribution in [-0.4, -0.2) is 33.1 Å². The van der Waals surface area contributed by atoms with Gasteiger partial charge >= 0.3 is 0 Å². The van der Waals surface area contributed by atoms with Crippen molar-refractivity contribution in [1.82, 2.24) is 4.72 Å². The number of benzene rings is 1. The molecule has 0 spiro atoms. The highest BCUT2D eigenvalue weighted by Crippen LogP contribution is 2.28. The van der Waals surface area contributed by atoms with Crippen molar-refractivity contribution in [2.24, 2.45) is 5.92 Å². The number of ether oxygens (including phenoxy) is 1. The lowest BCUT2D eigenvalue weighted by atomic mass is 10.2. The van der Waals surface area contributed by atoms with Crippen LogP contribution in [-0.2, 0) is 20.5 Å². The lowest BCUT2D eigenvalue weighted by molar-refractivity contribution is -0.384. The molecule has 1 fully saturated rings. The Hall–Kier alpha value is -1.51. The first kappa shape index (κ1) is 16.9. The maximum Gasteiger partial charge on any atom is 0.269 e. The zero-order valence-corrected chi connectivity index (χ0v) is 13.0. The normalized spacial score (nSPS) is 14.9. The fourth-order valence-electron chi connectivity index (χ4n) is 1.92. The van der Waals surface area contributed by atoms with Crippen LogP contribution in [0.4, 0.5) is 5.69 Å². The molecule has 8 heteroatoms. The standard InChI is InChI=1S/C14H20N2O5S/c17-16(18)14-6-4-13(5-7-14)11-22(19,20)15-8-1-9-21-10-12-2-3-12/h4-7,12,15H,1-3,8-11H2. The minimum Gasteiger partial charge on any atom is -0.381 e. The predicted octanol–water partition coefficient (Wildman–Crippen LogP) is 1.83. The number of nitrogens with zero attached hydrogens (tertiary/aromatic N) is 1. The number of nitro benzene ring substituents is 1. The summed E-state index contributed by atoms with van der Waals surface area (Å²) in [5.74, 6) is 0.521. The van der Waals surface area contributed by atoms with Crippen molar-refractivity contribution < 1.29 is 18.1 Å². The van der Waals surface area contributed by atoms with E-state index in [0.29, 0.717) is 31.1 Å². The highest BCUT2D eigenvalue weighted by Gasteiger charge is 2.20. The molecule has 0 amide bonds. The molecule has 0 aliphatic heterocycles. The third-order valence-electron chi connectivity index (χ3n) is 3.34. The van der Waals surface area contributed by atoms with Gasteiger partial charge in [0.05, 0.1) is 10.7 Å². The molecular formula is C14H20N2O5S. The minimum atomic E-state index is -3.43. The van der Waals surface area contributed by atoms with Gasteiger partial charge in [0.15, 0.2) is 0 Å². The zero-order chi connectivity index (χ0) is 16.0. The summed E-state index contributed by atoms with van der Waals surface area (Å²) in [6, 6.07) is 5.51. The van der Waals surface area contributed by atoms with Crippen molar-refractivity contribution in [3.05, 3.63) is 39.9 Å². The van der Waals surface area contributed by atoms with Gasteiger partial charge in [0.25, 0.3) is 5.69 Å². The van der Waals surface area contributed by atoms with Gasteiger partial charge in [-0.2, -0.15) is 0 Å². The van der Waals surface area contributed by atoms with E-state index >= 15 is 0 Å². The Kier molecular flexibility index (Phi) is 5.87. The lowest BCUT2D eigenvalue weighted by Gasteiger charge is -2.07. The van der Waals surface area contributed by atoms with Crippen LogP contribution in [0, 0.1) is 16.0 Å². The second kappa shape index (κ2) is 7.66. The summed E-state index contributed by atoms with van der Waals surface area (Å²) >= 11 is 0. The van der Waals surface area contributed by atoms with Gasteiger partial charge in [-0.25, -0.2) is 13.1 Å². The Morgan fingerprint density at radius 1 is 1.27 bits per heavy atom. The molecule has 0 atom stereocenters. The van der Waals surface area contributed by atoms with Gasteiger partial charge in [-0.3, -0.25) is 10.1 Å². The molecule has 0 radical (unpaired) electrons. The second-order valence-electron chi connectivity index (χ2n) is 5.45. The fourth-order valence-corrected chi connectivity index (χ4v) is 3.11. The van der Waals surface area contributed by atoms with E-state index < -0.39 is 14.9 Å². The third kappa shape index (κ3) is 6.08. The van der Waals surface area contributed by atoms with Crippen molar-refractivity contribution >= 4 is 15.7 Å². The van der Waals surface area contributed by atoms with E-state index in [-0.39, 0.29) is 11.4 Å². The summed E-state index contributed by atoms with van der Waals surface area (Å²) < 4.78 is 31.7. The molecule has 122 valence electrons. The number of rotatable bonds is 10. The fraction of sp³-hybridized carbons (Fsp3) is 0.571. The molecule has 1 saturated carbocycles. The number of sulfonamides is 1.